The van der Waals surface area contributed by atoms with Crippen molar-refractivity contribution in [2.45, 2.75) is 45.6 Å². The Morgan fingerprint density at radius 2 is 1.97 bits per heavy atom. The Kier molecular flexibility index (Phi) is 5.34. The molecule has 0 saturated carbocycles. The molecule has 0 unspecified atom stereocenters. The molecule has 0 bridgehead atoms. The minimum atomic E-state index is -0.0347. The van der Waals surface area contributed by atoms with Crippen molar-refractivity contribution in [3.63, 3.8) is 0 Å². The van der Waals surface area contributed by atoms with E-state index >= 15 is 0 Å². The second-order valence-corrected chi connectivity index (χ2v) is 9.04. The zero-order valence-electron chi connectivity index (χ0n) is 18.3. The highest BCUT2D eigenvalue weighted by Gasteiger charge is 2.27. The Labute approximate surface area is 182 Å². The van der Waals surface area contributed by atoms with E-state index in [1.807, 2.05) is 42.1 Å². The highest BCUT2D eigenvalue weighted by molar-refractivity contribution is 5.79. The van der Waals surface area contributed by atoms with Gasteiger partial charge in [-0.15, -0.1) is 0 Å². The zero-order chi connectivity index (χ0) is 21.4. The number of amides is 1. The average Bonchev–Trinajstić information content (AvgIpc) is 3.13. The predicted molar refractivity (Wildman–Crippen MR) is 121 cm³/mol. The van der Waals surface area contributed by atoms with Crippen molar-refractivity contribution in [1.29, 1.82) is 0 Å². The molecule has 31 heavy (non-hydrogen) atoms. The molecular weight excluding hydrogens is 388 g/mol. The Bertz CT molecular complexity index is 1100. The van der Waals surface area contributed by atoms with Crippen LogP contribution in [0.4, 0.5) is 5.95 Å². The molecule has 1 aromatic carbocycles. The third-order valence-corrected chi connectivity index (χ3v) is 6.88. The molecule has 2 aromatic heterocycles. The van der Waals surface area contributed by atoms with Gasteiger partial charge >= 0.3 is 0 Å². The van der Waals surface area contributed by atoms with Crippen LogP contribution in [-0.4, -0.2) is 38.5 Å². The van der Waals surface area contributed by atoms with E-state index in [1.165, 1.54) is 12.8 Å². The fourth-order valence-corrected chi connectivity index (χ4v) is 4.75. The maximum atomic E-state index is 12.9. The third-order valence-electron chi connectivity index (χ3n) is 6.88. The summed E-state index contributed by atoms with van der Waals surface area (Å²) in [7, 11) is 1.99. The molecule has 7 nitrogen and oxygen atoms in total. The van der Waals surface area contributed by atoms with Crippen molar-refractivity contribution in [1.82, 2.24) is 24.8 Å². The number of rotatable bonds is 4. The van der Waals surface area contributed by atoms with Crippen LogP contribution in [0.2, 0.25) is 0 Å². The number of fused-ring (bicyclic) bond motifs is 2. The van der Waals surface area contributed by atoms with E-state index in [0.717, 1.165) is 65.9 Å². The van der Waals surface area contributed by atoms with Gasteiger partial charge in [0.25, 0.3) is 0 Å². The van der Waals surface area contributed by atoms with Crippen molar-refractivity contribution < 1.29 is 4.79 Å². The molecule has 1 saturated heterocycles. The first-order valence-corrected chi connectivity index (χ1v) is 11.4. The van der Waals surface area contributed by atoms with E-state index in [0.29, 0.717) is 13.0 Å². The second kappa shape index (κ2) is 8.29. The van der Waals surface area contributed by atoms with Crippen LogP contribution in [0.5, 0.6) is 0 Å². The van der Waals surface area contributed by atoms with Crippen molar-refractivity contribution >= 4 is 22.9 Å². The number of nitrogens with zero attached hydrogens (tertiary/aromatic N) is 5. The molecule has 1 N–H and O–H groups in total. The van der Waals surface area contributed by atoms with E-state index in [9.17, 15) is 4.79 Å². The van der Waals surface area contributed by atoms with E-state index in [4.69, 9.17) is 4.98 Å². The summed E-state index contributed by atoms with van der Waals surface area (Å²) in [5, 5.41) is 3.10. The van der Waals surface area contributed by atoms with E-state index in [2.05, 4.69) is 27.1 Å². The van der Waals surface area contributed by atoms with Crippen LogP contribution >= 0.6 is 0 Å². The van der Waals surface area contributed by atoms with Gasteiger partial charge in [-0.1, -0.05) is 19.1 Å². The quantitative estimate of drug-likeness (QED) is 0.705. The van der Waals surface area contributed by atoms with Crippen molar-refractivity contribution in [2.24, 2.45) is 18.9 Å². The monoisotopic (exact) mass is 418 g/mol. The average molecular weight is 419 g/mol. The Morgan fingerprint density at radius 3 is 2.77 bits per heavy atom. The Balaban J connectivity index is 1.22. The lowest BCUT2D eigenvalue weighted by Gasteiger charge is -2.31. The number of carbonyl (C=O) groups is 1. The van der Waals surface area contributed by atoms with Gasteiger partial charge in [-0.05, 0) is 55.7 Å². The lowest BCUT2D eigenvalue weighted by Crippen LogP contribution is -2.36. The molecule has 2 aliphatic rings. The molecule has 0 spiro atoms. The first-order valence-electron chi connectivity index (χ1n) is 11.4. The van der Waals surface area contributed by atoms with Gasteiger partial charge in [-0.2, -0.15) is 0 Å². The van der Waals surface area contributed by atoms with Crippen molar-refractivity contribution in [3.05, 3.63) is 47.5 Å². The number of benzene rings is 1. The normalized spacial score (nSPS) is 19.4. The number of hydrogen-bond donors (Lipinski definition) is 1. The minimum Gasteiger partial charge on any atom is -0.349 e. The maximum absolute atomic E-state index is 12.9. The van der Waals surface area contributed by atoms with Gasteiger partial charge < -0.3 is 14.8 Å². The summed E-state index contributed by atoms with van der Waals surface area (Å²) in [4.78, 5) is 29.3. The molecule has 5 rings (SSSR count). The smallest absolute Gasteiger partial charge is 0.225 e. The number of imidazole rings is 1. The number of para-hydroxylation sites is 2. The van der Waals surface area contributed by atoms with E-state index < -0.39 is 0 Å². The minimum absolute atomic E-state index is 0.0347. The summed E-state index contributed by atoms with van der Waals surface area (Å²) in [6.45, 7) is 4.82. The first-order chi connectivity index (χ1) is 15.1. The van der Waals surface area contributed by atoms with E-state index in [-0.39, 0.29) is 11.8 Å². The van der Waals surface area contributed by atoms with Gasteiger partial charge in [0, 0.05) is 37.9 Å². The molecule has 1 fully saturated rings. The van der Waals surface area contributed by atoms with Gasteiger partial charge in [0.1, 0.15) is 5.82 Å². The fraction of sp³-hybridized carbons (Fsp3) is 0.500. The lowest BCUT2D eigenvalue weighted by molar-refractivity contribution is -0.125. The highest BCUT2D eigenvalue weighted by atomic mass is 16.1. The maximum Gasteiger partial charge on any atom is 0.225 e. The number of nitrogens with one attached hydrogen (secondary N) is 1. The van der Waals surface area contributed by atoms with Gasteiger partial charge in [0.15, 0.2) is 0 Å². The van der Waals surface area contributed by atoms with Crippen LogP contribution in [-0.2, 0) is 31.2 Å². The summed E-state index contributed by atoms with van der Waals surface area (Å²) in [6.07, 6.45) is 6.72. The molecule has 3 aromatic rings. The molecular formula is C24H30N6O. The van der Waals surface area contributed by atoms with Crippen LogP contribution < -0.4 is 10.2 Å². The number of aromatic nitrogens is 4. The van der Waals surface area contributed by atoms with Gasteiger partial charge in [-0.3, -0.25) is 4.79 Å². The molecule has 1 aliphatic carbocycles. The molecule has 1 aliphatic heterocycles. The number of hydrogen-bond acceptors (Lipinski definition) is 5. The summed E-state index contributed by atoms with van der Waals surface area (Å²) < 4.78 is 2.04. The Morgan fingerprint density at radius 1 is 1.16 bits per heavy atom. The molecule has 0 radical (unpaired) electrons. The van der Waals surface area contributed by atoms with Gasteiger partial charge in [0.2, 0.25) is 11.9 Å². The summed E-state index contributed by atoms with van der Waals surface area (Å²) in [6, 6.07) is 8.03. The lowest BCUT2D eigenvalue weighted by atomic mass is 9.86. The largest absolute Gasteiger partial charge is 0.349 e. The molecule has 1 amide bonds. The summed E-state index contributed by atoms with van der Waals surface area (Å²) >= 11 is 0. The van der Waals surface area contributed by atoms with Crippen LogP contribution in [0.15, 0.2) is 30.5 Å². The number of carbonyl (C=O) groups excluding carboxylic acids is 1. The van der Waals surface area contributed by atoms with Crippen molar-refractivity contribution in [3.8, 4) is 0 Å². The predicted octanol–water partition coefficient (Wildman–Crippen LogP) is 3.02. The summed E-state index contributed by atoms with van der Waals surface area (Å²) in [5.41, 5.74) is 4.26. The van der Waals surface area contributed by atoms with Gasteiger partial charge in [-0.25, -0.2) is 15.0 Å². The number of anilines is 1. The molecule has 1 atom stereocenters. The molecule has 162 valence electrons. The van der Waals surface area contributed by atoms with Crippen LogP contribution in [0.25, 0.3) is 11.0 Å². The fourth-order valence-electron chi connectivity index (χ4n) is 4.75. The highest BCUT2D eigenvalue weighted by Crippen LogP contribution is 2.27. The van der Waals surface area contributed by atoms with Gasteiger partial charge in [0.05, 0.1) is 17.6 Å². The zero-order valence-corrected chi connectivity index (χ0v) is 18.3. The third kappa shape index (κ3) is 4.01. The number of piperidine rings is 1. The first kappa shape index (κ1) is 20.0. The second-order valence-electron chi connectivity index (χ2n) is 9.04. The van der Waals surface area contributed by atoms with Crippen LogP contribution in [0.1, 0.15) is 43.3 Å². The van der Waals surface area contributed by atoms with Crippen LogP contribution in [0, 0.1) is 11.8 Å². The number of aryl methyl sites for hydroxylation is 2. The van der Waals surface area contributed by atoms with E-state index in [1.54, 1.807) is 0 Å². The molecule has 7 heteroatoms. The summed E-state index contributed by atoms with van der Waals surface area (Å²) in [5.74, 6) is 2.57. The van der Waals surface area contributed by atoms with Crippen LogP contribution in [0.3, 0.4) is 0 Å². The SMILES string of the molecule is CC1CCN(c2ncc3c(n2)CC[C@@H](C(=O)NCc2nc4ccccc4n2C)C3)CC1. The standard InChI is InChI=1S/C24H30N6O/c1-16-9-11-30(12-10-16)24-26-14-18-13-17(7-8-19(18)28-24)23(31)25-15-22-27-20-5-3-4-6-21(20)29(22)2/h3-6,14,16-17H,7-13,15H2,1-2H3,(H,25,31)/t17-/m1/s1. The van der Waals surface area contributed by atoms with Crippen molar-refractivity contribution in [2.75, 3.05) is 18.0 Å². The topological polar surface area (TPSA) is 75.9 Å². The Hall–Kier alpha value is -2.96. The molecule has 3 heterocycles.